The van der Waals surface area contributed by atoms with Crippen molar-refractivity contribution in [2.24, 2.45) is 0 Å². The minimum Gasteiger partial charge on any atom is -0.490 e. The molecule has 2 aromatic carbocycles. The number of ether oxygens (including phenoxy) is 2. The molecule has 0 bridgehead atoms. The van der Waals surface area contributed by atoms with E-state index in [0.717, 1.165) is 29.0 Å². The summed E-state index contributed by atoms with van der Waals surface area (Å²) in [6.07, 6.45) is 1.28. The van der Waals surface area contributed by atoms with E-state index in [1.165, 1.54) is 0 Å². The highest BCUT2D eigenvalue weighted by molar-refractivity contribution is 7.89. The molecule has 2 heterocycles. The summed E-state index contributed by atoms with van der Waals surface area (Å²) in [5, 5.41) is 0.693. The monoisotopic (exact) mass is 478 g/mol. The van der Waals surface area contributed by atoms with E-state index in [1.54, 1.807) is 4.31 Å². The van der Waals surface area contributed by atoms with Gasteiger partial charge in [-0.1, -0.05) is 29.8 Å². The van der Waals surface area contributed by atoms with Crippen molar-refractivity contribution in [3.63, 3.8) is 0 Å². The number of hydrogen-bond donors (Lipinski definition) is 0. The molecule has 6 nitrogen and oxygen atoms in total. The first-order valence-corrected chi connectivity index (χ1v) is 13.1. The lowest BCUT2D eigenvalue weighted by Crippen LogP contribution is -2.49. The zero-order chi connectivity index (χ0) is 22.9. The minimum atomic E-state index is -3.32. The second-order valence-electron chi connectivity index (χ2n) is 9.12. The molecule has 1 fully saturated rings. The number of sulfonamides is 1. The maximum absolute atomic E-state index is 12.8. The zero-order valence-electron chi connectivity index (χ0n) is 18.9. The van der Waals surface area contributed by atoms with Gasteiger partial charge < -0.3 is 14.4 Å². The first-order valence-electron chi connectivity index (χ1n) is 11.1. The smallest absolute Gasteiger partial charge is 0.214 e. The zero-order valence-corrected chi connectivity index (χ0v) is 20.5. The Balaban J connectivity index is 1.27. The van der Waals surface area contributed by atoms with E-state index < -0.39 is 10.0 Å². The number of fused-ring (bicyclic) bond motifs is 1. The minimum absolute atomic E-state index is 0.0740. The molecule has 0 atom stereocenters. The number of rotatable bonds is 7. The predicted molar refractivity (Wildman–Crippen MR) is 129 cm³/mol. The van der Waals surface area contributed by atoms with Gasteiger partial charge in [0.1, 0.15) is 5.60 Å². The SMILES string of the molecule is Cc1ccc(Cl)cc1N1CCN(S(=O)(=O)CCCOc2cccc3c2OC(C)(C)C3)CC1. The maximum atomic E-state index is 12.8. The van der Waals surface area contributed by atoms with Crippen LogP contribution in [0.3, 0.4) is 0 Å². The molecular formula is C24H31ClN2O4S. The molecule has 174 valence electrons. The van der Waals surface area contributed by atoms with Crippen LogP contribution in [-0.2, 0) is 16.4 Å². The van der Waals surface area contributed by atoms with Crippen LogP contribution in [0.4, 0.5) is 5.69 Å². The van der Waals surface area contributed by atoms with Gasteiger partial charge in [-0.3, -0.25) is 0 Å². The summed E-state index contributed by atoms with van der Waals surface area (Å²) in [6, 6.07) is 11.7. The van der Waals surface area contributed by atoms with Crippen molar-refractivity contribution >= 4 is 27.3 Å². The van der Waals surface area contributed by atoms with Crippen molar-refractivity contribution in [2.45, 2.75) is 39.2 Å². The third-order valence-corrected chi connectivity index (χ3v) is 8.19. The van der Waals surface area contributed by atoms with Crippen LogP contribution in [0.25, 0.3) is 0 Å². The summed E-state index contributed by atoms with van der Waals surface area (Å²) in [6.45, 7) is 8.74. The largest absolute Gasteiger partial charge is 0.490 e. The average molecular weight is 479 g/mol. The molecule has 4 rings (SSSR count). The van der Waals surface area contributed by atoms with Crippen molar-refractivity contribution in [1.82, 2.24) is 4.31 Å². The number of nitrogens with zero attached hydrogens (tertiary/aromatic N) is 2. The van der Waals surface area contributed by atoms with Crippen LogP contribution < -0.4 is 14.4 Å². The van der Waals surface area contributed by atoms with Gasteiger partial charge in [0.25, 0.3) is 0 Å². The van der Waals surface area contributed by atoms with Gasteiger partial charge in [-0.25, -0.2) is 8.42 Å². The third kappa shape index (κ3) is 5.16. The van der Waals surface area contributed by atoms with Crippen molar-refractivity contribution < 1.29 is 17.9 Å². The topological polar surface area (TPSA) is 59.1 Å². The third-order valence-electron chi connectivity index (χ3n) is 6.00. The lowest BCUT2D eigenvalue weighted by Gasteiger charge is -2.36. The Morgan fingerprint density at radius 2 is 1.88 bits per heavy atom. The fourth-order valence-corrected chi connectivity index (χ4v) is 6.01. The number of anilines is 1. The van der Waals surface area contributed by atoms with E-state index >= 15 is 0 Å². The molecule has 0 N–H and O–H groups in total. The lowest BCUT2D eigenvalue weighted by atomic mass is 10.0. The molecule has 0 spiro atoms. The fourth-order valence-electron chi connectivity index (χ4n) is 4.38. The Morgan fingerprint density at radius 1 is 1.12 bits per heavy atom. The Kier molecular flexibility index (Phi) is 6.61. The fraction of sp³-hybridized carbons (Fsp3) is 0.500. The molecule has 0 aromatic heterocycles. The van der Waals surface area contributed by atoms with Crippen LogP contribution in [-0.4, -0.2) is 56.9 Å². The summed E-state index contributed by atoms with van der Waals surface area (Å²) in [4.78, 5) is 2.20. The molecule has 0 radical (unpaired) electrons. The Labute approximate surface area is 196 Å². The predicted octanol–water partition coefficient (Wildman–Crippen LogP) is 4.28. The van der Waals surface area contributed by atoms with E-state index in [4.69, 9.17) is 21.1 Å². The molecule has 2 aliphatic rings. The second-order valence-corrected chi connectivity index (χ2v) is 11.6. The number of aryl methyl sites for hydroxylation is 1. The van der Waals surface area contributed by atoms with Gasteiger partial charge in [0.2, 0.25) is 10.0 Å². The van der Waals surface area contributed by atoms with E-state index in [0.29, 0.717) is 50.0 Å². The Morgan fingerprint density at radius 3 is 2.62 bits per heavy atom. The van der Waals surface area contributed by atoms with Crippen LogP contribution in [0.15, 0.2) is 36.4 Å². The normalized spacial score (nSPS) is 18.3. The molecule has 0 saturated carbocycles. The molecule has 2 aromatic rings. The van der Waals surface area contributed by atoms with Gasteiger partial charge in [-0.05, 0) is 51.0 Å². The van der Waals surface area contributed by atoms with E-state index in [1.807, 2.05) is 43.3 Å². The average Bonchev–Trinajstić information content (AvgIpc) is 3.07. The summed E-state index contributed by atoms with van der Waals surface area (Å²) < 4.78 is 39.2. The summed E-state index contributed by atoms with van der Waals surface area (Å²) in [7, 11) is -3.32. The van der Waals surface area contributed by atoms with Crippen LogP contribution in [0.1, 0.15) is 31.4 Å². The lowest BCUT2D eigenvalue weighted by molar-refractivity contribution is 0.132. The van der Waals surface area contributed by atoms with Gasteiger partial charge in [0, 0.05) is 48.9 Å². The molecule has 32 heavy (non-hydrogen) atoms. The molecular weight excluding hydrogens is 448 g/mol. The number of piperazine rings is 1. The summed E-state index contributed by atoms with van der Waals surface area (Å²) >= 11 is 6.14. The molecule has 1 saturated heterocycles. The maximum Gasteiger partial charge on any atom is 0.214 e. The number of hydrogen-bond acceptors (Lipinski definition) is 5. The Hall–Kier alpha value is -1.96. The molecule has 2 aliphatic heterocycles. The quantitative estimate of drug-likeness (QED) is 0.556. The molecule has 8 heteroatoms. The van der Waals surface area contributed by atoms with Gasteiger partial charge in [-0.2, -0.15) is 4.31 Å². The van der Waals surface area contributed by atoms with Crippen LogP contribution >= 0.6 is 11.6 Å². The first-order chi connectivity index (χ1) is 15.1. The van der Waals surface area contributed by atoms with Crippen LogP contribution in [0.5, 0.6) is 11.5 Å². The molecule has 0 unspecified atom stereocenters. The Bertz CT molecular complexity index is 1080. The summed E-state index contributed by atoms with van der Waals surface area (Å²) in [5.41, 5.74) is 3.11. The van der Waals surface area contributed by atoms with Crippen molar-refractivity contribution in [2.75, 3.05) is 43.4 Å². The highest BCUT2D eigenvalue weighted by Crippen LogP contribution is 2.41. The number of halogens is 1. The van der Waals surface area contributed by atoms with E-state index in [2.05, 4.69) is 18.7 Å². The van der Waals surface area contributed by atoms with E-state index in [9.17, 15) is 8.42 Å². The van der Waals surface area contributed by atoms with Crippen LogP contribution in [0.2, 0.25) is 5.02 Å². The van der Waals surface area contributed by atoms with Gasteiger partial charge in [-0.15, -0.1) is 0 Å². The first kappa shape index (κ1) is 23.2. The van der Waals surface area contributed by atoms with Gasteiger partial charge in [0.05, 0.1) is 12.4 Å². The van der Waals surface area contributed by atoms with Crippen molar-refractivity contribution in [1.29, 1.82) is 0 Å². The molecule has 0 amide bonds. The summed E-state index contributed by atoms with van der Waals surface area (Å²) in [5.74, 6) is 1.55. The second kappa shape index (κ2) is 9.12. The van der Waals surface area contributed by atoms with Crippen molar-refractivity contribution in [3.05, 3.63) is 52.5 Å². The van der Waals surface area contributed by atoms with Gasteiger partial charge in [0.15, 0.2) is 11.5 Å². The number of benzene rings is 2. The van der Waals surface area contributed by atoms with Crippen molar-refractivity contribution in [3.8, 4) is 11.5 Å². The standard InChI is InChI=1S/C24H31ClN2O4S/c1-18-8-9-20(25)16-21(18)26-10-12-27(13-11-26)32(28,29)15-5-14-30-22-7-4-6-19-17-24(2,3)31-23(19)22/h4,6-9,16H,5,10-15,17H2,1-3H3. The van der Waals surface area contributed by atoms with Crippen LogP contribution in [0, 0.1) is 6.92 Å². The van der Waals surface area contributed by atoms with E-state index in [-0.39, 0.29) is 11.4 Å². The van der Waals surface area contributed by atoms with Gasteiger partial charge >= 0.3 is 0 Å². The molecule has 0 aliphatic carbocycles. The highest BCUT2D eigenvalue weighted by Gasteiger charge is 2.32. The number of para-hydroxylation sites is 1. The highest BCUT2D eigenvalue weighted by atomic mass is 35.5.